The molecular formula is C22H19N3O4. The molecule has 0 fully saturated rings. The highest BCUT2D eigenvalue weighted by Crippen LogP contribution is 2.20. The van der Waals surface area contributed by atoms with Crippen molar-refractivity contribution in [3.05, 3.63) is 83.9 Å². The molecule has 3 aromatic rings. The van der Waals surface area contributed by atoms with E-state index in [1.807, 2.05) is 6.07 Å². The molecule has 4 N–H and O–H groups in total. The number of amides is 3. The molecule has 0 heterocycles. The van der Waals surface area contributed by atoms with Gasteiger partial charge in [-0.3, -0.25) is 14.4 Å². The second-order valence-corrected chi connectivity index (χ2v) is 6.30. The molecule has 7 heteroatoms. The van der Waals surface area contributed by atoms with E-state index in [-0.39, 0.29) is 22.8 Å². The Morgan fingerprint density at radius 2 is 1.17 bits per heavy atom. The molecule has 3 amide bonds. The van der Waals surface area contributed by atoms with Gasteiger partial charge >= 0.3 is 0 Å². The summed E-state index contributed by atoms with van der Waals surface area (Å²) in [5.74, 6) is -1.12. The lowest BCUT2D eigenvalue weighted by atomic mass is 10.1. The van der Waals surface area contributed by atoms with Crippen LogP contribution in [-0.4, -0.2) is 22.8 Å². The Morgan fingerprint density at radius 3 is 1.69 bits per heavy atom. The molecule has 0 atom stereocenters. The van der Waals surface area contributed by atoms with Crippen molar-refractivity contribution in [2.24, 2.45) is 0 Å². The van der Waals surface area contributed by atoms with Gasteiger partial charge in [-0.1, -0.05) is 18.2 Å². The molecule has 0 unspecified atom stereocenters. The number of phenols is 1. The van der Waals surface area contributed by atoms with E-state index in [9.17, 15) is 19.5 Å². The van der Waals surface area contributed by atoms with Crippen molar-refractivity contribution < 1.29 is 19.5 Å². The molecule has 3 aromatic carbocycles. The van der Waals surface area contributed by atoms with Gasteiger partial charge in [0, 0.05) is 35.1 Å². The average molecular weight is 389 g/mol. The number of phenolic OH excluding ortho intramolecular Hbond substituents is 1. The Bertz CT molecular complexity index is 1050. The van der Waals surface area contributed by atoms with Crippen LogP contribution >= 0.6 is 0 Å². The first-order valence-corrected chi connectivity index (χ1v) is 8.80. The van der Waals surface area contributed by atoms with Gasteiger partial charge < -0.3 is 21.1 Å². The highest BCUT2D eigenvalue weighted by atomic mass is 16.3. The van der Waals surface area contributed by atoms with Crippen LogP contribution < -0.4 is 16.0 Å². The normalized spacial score (nSPS) is 10.1. The predicted octanol–water partition coefficient (Wildman–Crippen LogP) is 3.86. The highest BCUT2D eigenvalue weighted by molar-refractivity contribution is 6.10. The highest BCUT2D eigenvalue weighted by Gasteiger charge is 2.14. The molecule has 0 aliphatic carbocycles. The van der Waals surface area contributed by atoms with E-state index in [1.165, 1.54) is 37.3 Å². The smallest absolute Gasteiger partial charge is 0.255 e. The van der Waals surface area contributed by atoms with Crippen LogP contribution in [0, 0.1) is 0 Å². The van der Waals surface area contributed by atoms with Gasteiger partial charge in [0.2, 0.25) is 5.91 Å². The molecule has 0 spiro atoms. The standard InChI is InChI=1S/C22H19N3O4/c1-14(26)23-19-12-15(21(28)24-17-5-3-2-4-6-17)11-16(13-19)22(29)25-18-7-9-20(27)10-8-18/h2-13,27H,1H3,(H,23,26)(H,24,28)(H,25,29). The first-order chi connectivity index (χ1) is 13.9. The summed E-state index contributed by atoms with van der Waals surface area (Å²) >= 11 is 0. The van der Waals surface area contributed by atoms with E-state index >= 15 is 0 Å². The largest absolute Gasteiger partial charge is 0.508 e. The van der Waals surface area contributed by atoms with Crippen LogP contribution in [0.15, 0.2) is 72.8 Å². The fraction of sp³-hybridized carbons (Fsp3) is 0.0455. The minimum absolute atomic E-state index is 0.0792. The number of nitrogens with one attached hydrogen (secondary N) is 3. The molecule has 3 rings (SSSR count). The first kappa shape index (κ1) is 19.6. The minimum Gasteiger partial charge on any atom is -0.508 e. The number of benzene rings is 3. The number of hydrogen-bond acceptors (Lipinski definition) is 4. The lowest BCUT2D eigenvalue weighted by Crippen LogP contribution is -2.17. The van der Waals surface area contributed by atoms with Gasteiger partial charge in [0.1, 0.15) is 5.75 Å². The Kier molecular flexibility index (Phi) is 5.89. The van der Waals surface area contributed by atoms with Crippen molar-refractivity contribution >= 4 is 34.8 Å². The summed E-state index contributed by atoms with van der Waals surface area (Å²) in [6.45, 7) is 1.34. The van der Waals surface area contributed by atoms with Crippen molar-refractivity contribution in [1.82, 2.24) is 0 Å². The SMILES string of the molecule is CC(=O)Nc1cc(C(=O)Nc2ccccc2)cc(C(=O)Nc2ccc(O)cc2)c1. The monoisotopic (exact) mass is 389 g/mol. The quantitative estimate of drug-likeness (QED) is 0.497. The zero-order valence-electron chi connectivity index (χ0n) is 15.6. The van der Waals surface area contributed by atoms with Crippen molar-refractivity contribution in [3.63, 3.8) is 0 Å². The third kappa shape index (κ3) is 5.43. The van der Waals surface area contributed by atoms with Crippen LogP contribution in [0.4, 0.5) is 17.1 Å². The summed E-state index contributed by atoms with van der Waals surface area (Å²) in [6.07, 6.45) is 0. The summed E-state index contributed by atoms with van der Waals surface area (Å²) in [6, 6.07) is 19.3. The fourth-order valence-corrected chi connectivity index (χ4v) is 2.64. The van der Waals surface area contributed by atoms with Gasteiger partial charge in [0.15, 0.2) is 0 Å². The number of carbonyl (C=O) groups excluding carboxylic acids is 3. The third-order valence-corrected chi connectivity index (χ3v) is 3.93. The molecule has 7 nitrogen and oxygen atoms in total. The summed E-state index contributed by atoms with van der Waals surface area (Å²) in [5.41, 5.74) is 1.83. The molecule has 0 aliphatic rings. The molecule has 29 heavy (non-hydrogen) atoms. The first-order valence-electron chi connectivity index (χ1n) is 8.80. The van der Waals surface area contributed by atoms with Gasteiger partial charge in [-0.15, -0.1) is 0 Å². The molecule has 0 radical (unpaired) electrons. The summed E-state index contributed by atoms with van der Waals surface area (Å²) in [5, 5.41) is 17.4. The lowest BCUT2D eigenvalue weighted by molar-refractivity contribution is -0.114. The maximum absolute atomic E-state index is 12.7. The average Bonchev–Trinajstić information content (AvgIpc) is 2.69. The van der Waals surface area contributed by atoms with E-state index in [0.717, 1.165) is 0 Å². The van der Waals surface area contributed by atoms with E-state index in [1.54, 1.807) is 36.4 Å². The molecular weight excluding hydrogens is 370 g/mol. The zero-order chi connectivity index (χ0) is 20.8. The van der Waals surface area contributed by atoms with Crippen LogP contribution in [0.3, 0.4) is 0 Å². The number of hydrogen-bond donors (Lipinski definition) is 4. The topological polar surface area (TPSA) is 108 Å². The molecule has 0 saturated heterocycles. The molecule has 0 aliphatic heterocycles. The second kappa shape index (κ2) is 8.71. The van der Waals surface area contributed by atoms with E-state index in [4.69, 9.17) is 0 Å². The fourth-order valence-electron chi connectivity index (χ4n) is 2.64. The van der Waals surface area contributed by atoms with Crippen molar-refractivity contribution in [1.29, 1.82) is 0 Å². The molecule has 0 aromatic heterocycles. The van der Waals surface area contributed by atoms with Gasteiger partial charge in [0.25, 0.3) is 11.8 Å². The van der Waals surface area contributed by atoms with Crippen LogP contribution in [0.5, 0.6) is 5.75 Å². The molecule has 0 bridgehead atoms. The third-order valence-electron chi connectivity index (χ3n) is 3.93. The van der Waals surface area contributed by atoms with E-state index in [0.29, 0.717) is 17.1 Å². The van der Waals surface area contributed by atoms with Crippen LogP contribution in [-0.2, 0) is 4.79 Å². The van der Waals surface area contributed by atoms with Crippen LogP contribution in [0.25, 0.3) is 0 Å². The Hall–Kier alpha value is -4.13. The van der Waals surface area contributed by atoms with E-state index < -0.39 is 11.8 Å². The number of para-hydroxylation sites is 1. The Balaban J connectivity index is 1.88. The van der Waals surface area contributed by atoms with Crippen molar-refractivity contribution in [3.8, 4) is 5.75 Å². The number of anilines is 3. The van der Waals surface area contributed by atoms with Gasteiger partial charge in [0.05, 0.1) is 0 Å². The predicted molar refractivity (Wildman–Crippen MR) is 111 cm³/mol. The zero-order valence-corrected chi connectivity index (χ0v) is 15.6. The van der Waals surface area contributed by atoms with Crippen molar-refractivity contribution in [2.45, 2.75) is 6.92 Å². The molecule has 0 saturated carbocycles. The van der Waals surface area contributed by atoms with Crippen LogP contribution in [0.1, 0.15) is 27.6 Å². The van der Waals surface area contributed by atoms with Crippen LogP contribution in [0.2, 0.25) is 0 Å². The summed E-state index contributed by atoms with van der Waals surface area (Å²) in [7, 11) is 0. The lowest BCUT2D eigenvalue weighted by Gasteiger charge is -2.11. The van der Waals surface area contributed by atoms with Gasteiger partial charge in [-0.2, -0.15) is 0 Å². The maximum Gasteiger partial charge on any atom is 0.255 e. The Labute approximate surface area is 167 Å². The molecule has 146 valence electrons. The number of rotatable bonds is 5. The minimum atomic E-state index is -0.461. The number of carbonyl (C=O) groups is 3. The number of aromatic hydroxyl groups is 1. The maximum atomic E-state index is 12.7. The van der Waals surface area contributed by atoms with Gasteiger partial charge in [-0.25, -0.2) is 0 Å². The second-order valence-electron chi connectivity index (χ2n) is 6.30. The van der Waals surface area contributed by atoms with Crippen molar-refractivity contribution in [2.75, 3.05) is 16.0 Å². The summed E-state index contributed by atoms with van der Waals surface area (Å²) < 4.78 is 0. The summed E-state index contributed by atoms with van der Waals surface area (Å²) in [4.78, 5) is 36.7. The Morgan fingerprint density at radius 1 is 0.655 bits per heavy atom. The van der Waals surface area contributed by atoms with E-state index in [2.05, 4.69) is 16.0 Å². The van der Waals surface area contributed by atoms with Gasteiger partial charge in [-0.05, 0) is 54.6 Å².